The van der Waals surface area contributed by atoms with Crippen molar-refractivity contribution in [2.75, 3.05) is 19.0 Å². The number of esters is 1. The lowest BCUT2D eigenvalue weighted by Gasteiger charge is -2.07. The Hall–Kier alpha value is -3.28. The van der Waals surface area contributed by atoms with E-state index in [2.05, 4.69) is 5.32 Å². The molecule has 0 atom stereocenters. The lowest BCUT2D eigenvalue weighted by molar-refractivity contribution is 0.0499. The Labute approximate surface area is 163 Å². The molecule has 1 aromatic heterocycles. The van der Waals surface area contributed by atoms with Crippen LogP contribution in [0.15, 0.2) is 46.9 Å². The van der Waals surface area contributed by atoms with Crippen LogP contribution in [0.1, 0.15) is 46.2 Å². The van der Waals surface area contributed by atoms with Crippen LogP contribution in [0.2, 0.25) is 0 Å². The van der Waals surface area contributed by atoms with Gasteiger partial charge in [-0.25, -0.2) is 4.79 Å². The molecule has 1 heterocycles. The van der Waals surface area contributed by atoms with Gasteiger partial charge in [-0.15, -0.1) is 0 Å². The van der Waals surface area contributed by atoms with Crippen molar-refractivity contribution in [1.29, 1.82) is 0 Å². The Bertz CT molecular complexity index is 988. The summed E-state index contributed by atoms with van der Waals surface area (Å²) < 4.78 is 16.1. The lowest BCUT2D eigenvalue weighted by Crippen LogP contribution is -2.13. The number of fused-ring (bicyclic) bond motifs is 1. The lowest BCUT2D eigenvalue weighted by atomic mass is 10.1. The second-order valence-electron chi connectivity index (χ2n) is 6.42. The summed E-state index contributed by atoms with van der Waals surface area (Å²) in [5, 5.41) is 3.53. The molecule has 0 radical (unpaired) electrons. The van der Waals surface area contributed by atoms with Crippen molar-refractivity contribution in [3.8, 4) is 5.75 Å². The fourth-order valence-electron chi connectivity index (χ4n) is 2.88. The van der Waals surface area contributed by atoms with Crippen molar-refractivity contribution >= 4 is 28.5 Å². The Morgan fingerprint density at radius 2 is 1.86 bits per heavy atom. The molecule has 146 valence electrons. The fraction of sp³-hybridized carbons (Fsp3) is 0.273. The quantitative estimate of drug-likeness (QED) is 0.462. The molecule has 0 aliphatic rings. The van der Waals surface area contributed by atoms with Crippen LogP contribution in [-0.4, -0.2) is 25.6 Å². The maximum atomic E-state index is 12.8. The minimum atomic E-state index is -0.366. The van der Waals surface area contributed by atoms with Gasteiger partial charge in [0, 0.05) is 11.1 Å². The van der Waals surface area contributed by atoms with Crippen LogP contribution in [0.5, 0.6) is 5.75 Å². The average molecular weight is 381 g/mol. The van der Waals surface area contributed by atoms with E-state index in [1.807, 2.05) is 6.92 Å². The van der Waals surface area contributed by atoms with Gasteiger partial charge in [0.2, 0.25) is 0 Å². The Morgan fingerprint density at radius 1 is 1.11 bits per heavy atom. The first kappa shape index (κ1) is 19.5. The molecule has 0 unspecified atom stereocenters. The normalized spacial score (nSPS) is 10.7. The number of rotatable bonds is 7. The highest BCUT2D eigenvalue weighted by Crippen LogP contribution is 2.29. The van der Waals surface area contributed by atoms with E-state index in [0.29, 0.717) is 45.9 Å². The van der Waals surface area contributed by atoms with Crippen LogP contribution >= 0.6 is 0 Å². The van der Waals surface area contributed by atoms with E-state index in [4.69, 9.17) is 13.9 Å². The van der Waals surface area contributed by atoms with E-state index in [9.17, 15) is 9.59 Å². The zero-order valence-electron chi connectivity index (χ0n) is 16.2. The molecule has 0 fully saturated rings. The third-order valence-electron chi connectivity index (χ3n) is 4.41. The third kappa shape index (κ3) is 4.17. The molecule has 0 aliphatic carbocycles. The molecule has 0 aliphatic heterocycles. The van der Waals surface area contributed by atoms with Crippen molar-refractivity contribution in [1.82, 2.24) is 0 Å². The summed E-state index contributed by atoms with van der Waals surface area (Å²) >= 11 is 0. The summed E-state index contributed by atoms with van der Waals surface area (Å²) in [5.74, 6) is 0.517. The molecule has 0 saturated heterocycles. The number of carbonyl (C=O) groups excluding carboxylic acids is 2. The summed E-state index contributed by atoms with van der Waals surface area (Å²) in [7, 11) is 1.57. The summed E-state index contributed by atoms with van der Waals surface area (Å²) in [6.45, 7) is 4.19. The number of methoxy groups -OCH3 is 1. The summed E-state index contributed by atoms with van der Waals surface area (Å²) in [6.07, 6.45) is 1.80. The molecule has 3 aromatic rings. The first-order chi connectivity index (χ1) is 13.5. The predicted octanol–water partition coefficient (Wildman–Crippen LogP) is 4.96. The van der Waals surface area contributed by atoms with E-state index < -0.39 is 0 Å². The largest absolute Gasteiger partial charge is 0.497 e. The topological polar surface area (TPSA) is 77.8 Å². The van der Waals surface area contributed by atoms with Crippen LogP contribution in [0, 0.1) is 6.92 Å². The molecular weight excluding hydrogens is 358 g/mol. The van der Waals surface area contributed by atoms with Gasteiger partial charge in [0.1, 0.15) is 17.1 Å². The molecular formula is C22H23NO5. The van der Waals surface area contributed by atoms with Gasteiger partial charge in [0.15, 0.2) is 0 Å². The van der Waals surface area contributed by atoms with Gasteiger partial charge < -0.3 is 19.2 Å². The molecule has 6 heteroatoms. The van der Waals surface area contributed by atoms with Crippen molar-refractivity contribution < 1.29 is 23.5 Å². The van der Waals surface area contributed by atoms with Crippen molar-refractivity contribution in [3.63, 3.8) is 0 Å². The molecule has 0 saturated carbocycles. The number of unbranched alkanes of at least 4 members (excludes halogenated alkanes) is 1. The van der Waals surface area contributed by atoms with Gasteiger partial charge in [-0.1, -0.05) is 13.3 Å². The number of hydrogen-bond acceptors (Lipinski definition) is 5. The van der Waals surface area contributed by atoms with Crippen molar-refractivity contribution in [2.45, 2.75) is 26.7 Å². The minimum Gasteiger partial charge on any atom is -0.497 e. The molecule has 0 spiro atoms. The number of amides is 1. The number of ether oxygens (including phenoxy) is 2. The molecule has 6 nitrogen and oxygen atoms in total. The van der Waals surface area contributed by atoms with Gasteiger partial charge in [-0.2, -0.15) is 0 Å². The van der Waals surface area contributed by atoms with Gasteiger partial charge in [-0.05, 0) is 55.8 Å². The zero-order valence-corrected chi connectivity index (χ0v) is 16.2. The van der Waals surface area contributed by atoms with Crippen LogP contribution in [0.3, 0.4) is 0 Å². The van der Waals surface area contributed by atoms with Crippen LogP contribution < -0.4 is 10.1 Å². The third-order valence-corrected chi connectivity index (χ3v) is 4.41. The van der Waals surface area contributed by atoms with Crippen LogP contribution in [0.25, 0.3) is 11.0 Å². The number of carbonyl (C=O) groups is 2. The fourth-order valence-corrected chi connectivity index (χ4v) is 2.88. The van der Waals surface area contributed by atoms with E-state index in [-0.39, 0.29) is 11.9 Å². The van der Waals surface area contributed by atoms with Crippen LogP contribution in [0.4, 0.5) is 5.69 Å². The highest BCUT2D eigenvalue weighted by atomic mass is 16.5. The summed E-state index contributed by atoms with van der Waals surface area (Å²) in [6, 6.07) is 11.9. The minimum absolute atomic E-state index is 0.289. The Morgan fingerprint density at radius 3 is 2.54 bits per heavy atom. The number of aryl methyl sites for hydroxylation is 1. The van der Waals surface area contributed by atoms with Gasteiger partial charge in [0.25, 0.3) is 5.91 Å². The molecule has 2 aromatic carbocycles. The predicted molar refractivity (Wildman–Crippen MR) is 107 cm³/mol. The monoisotopic (exact) mass is 381 g/mol. The van der Waals surface area contributed by atoms with Gasteiger partial charge in [-0.3, -0.25) is 4.79 Å². The molecule has 1 N–H and O–H groups in total. The smallest absolute Gasteiger partial charge is 0.338 e. The van der Waals surface area contributed by atoms with E-state index in [0.717, 1.165) is 12.8 Å². The molecule has 3 rings (SSSR count). The SMILES string of the molecule is CCCCOC(=O)c1ccc(NC(=O)c2c(C)oc3ccc(OC)cc23)cc1. The maximum Gasteiger partial charge on any atom is 0.338 e. The van der Waals surface area contributed by atoms with Gasteiger partial charge >= 0.3 is 5.97 Å². The molecule has 1 amide bonds. The number of nitrogens with one attached hydrogen (secondary N) is 1. The maximum absolute atomic E-state index is 12.8. The molecule has 28 heavy (non-hydrogen) atoms. The number of furan rings is 1. The second-order valence-corrected chi connectivity index (χ2v) is 6.42. The molecule has 0 bridgehead atoms. The highest BCUT2D eigenvalue weighted by Gasteiger charge is 2.19. The highest BCUT2D eigenvalue weighted by molar-refractivity contribution is 6.13. The zero-order chi connectivity index (χ0) is 20.1. The van der Waals surface area contributed by atoms with E-state index in [1.165, 1.54) is 0 Å². The number of anilines is 1. The first-order valence-electron chi connectivity index (χ1n) is 9.19. The standard InChI is InChI=1S/C22H23NO5/c1-4-5-12-27-22(25)15-6-8-16(9-7-15)23-21(24)20-14(2)28-19-11-10-17(26-3)13-18(19)20/h6-11,13H,4-5,12H2,1-3H3,(H,23,24). The average Bonchev–Trinajstić information content (AvgIpc) is 3.03. The van der Waals surface area contributed by atoms with Crippen LogP contribution in [-0.2, 0) is 4.74 Å². The Balaban J connectivity index is 1.75. The van der Waals surface area contributed by atoms with Crippen molar-refractivity contribution in [3.05, 3.63) is 59.4 Å². The van der Waals surface area contributed by atoms with E-state index >= 15 is 0 Å². The Kier molecular flexibility index (Phi) is 5.99. The number of benzene rings is 2. The number of hydrogen-bond donors (Lipinski definition) is 1. The second kappa shape index (κ2) is 8.61. The summed E-state index contributed by atoms with van der Waals surface area (Å²) in [4.78, 5) is 24.8. The first-order valence-corrected chi connectivity index (χ1v) is 9.19. The van der Waals surface area contributed by atoms with E-state index in [1.54, 1.807) is 56.5 Å². The summed E-state index contributed by atoms with van der Waals surface area (Å²) in [5.41, 5.74) is 2.10. The van der Waals surface area contributed by atoms with Crippen molar-refractivity contribution in [2.24, 2.45) is 0 Å². The van der Waals surface area contributed by atoms with Gasteiger partial charge in [0.05, 0.1) is 24.8 Å².